The summed E-state index contributed by atoms with van der Waals surface area (Å²) < 4.78 is 43.2. The van der Waals surface area contributed by atoms with Gasteiger partial charge >= 0.3 is 6.18 Å². The first-order chi connectivity index (χ1) is 11.9. The van der Waals surface area contributed by atoms with Gasteiger partial charge in [-0.3, -0.25) is 0 Å². The van der Waals surface area contributed by atoms with Gasteiger partial charge in [-0.2, -0.15) is 13.2 Å². The number of unbranched alkanes of at least 4 members (excludes halogenated alkanes) is 3. The molecule has 1 N–H and O–H groups in total. The molecule has 0 saturated heterocycles. The van der Waals surface area contributed by atoms with Gasteiger partial charge in [-0.1, -0.05) is 62.6 Å². The van der Waals surface area contributed by atoms with Gasteiger partial charge in [0.2, 0.25) is 0 Å². The molecule has 0 bridgehead atoms. The zero-order valence-corrected chi connectivity index (χ0v) is 14.2. The van der Waals surface area contributed by atoms with E-state index in [-0.39, 0.29) is 5.56 Å². The van der Waals surface area contributed by atoms with E-state index in [1.54, 1.807) is 12.1 Å². The SMILES string of the molecule is CCCCCCOc1ccc(-c2ccc(C(O)C(F)(F)F)cc2)cc1. The fourth-order valence-corrected chi connectivity index (χ4v) is 2.51. The molecule has 0 fully saturated rings. The van der Waals surface area contributed by atoms with Crippen LogP contribution in [0.5, 0.6) is 5.75 Å². The van der Waals surface area contributed by atoms with Crippen molar-refractivity contribution in [3.05, 3.63) is 54.1 Å². The third-order valence-corrected chi connectivity index (χ3v) is 3.99. The van der Waals surface area contributed by atoms with Crippen LogP contribution in [0.15, 0.2) is 48.5 Å². The molecule has 0 saturated carbocycles. The lowest BCUT2D eigenvalue weighted by molar-refractivity contribution is -0.206. The average molecular weight is 352 g/mol. The summed E-state index contributed by atoms with van der Waals surface area (Å²) in [5.74, 6) is 0.782. The van der Waals surface area contributed by atoms with E-state index < -0.39 is 12.3 Å². The second-order valence-corrected chi connectivity index (χ2v) is 6.00. The van der Waals surface area contributed by atoms with Crippen LogP contribution < -0.4 is 4.74 Å². The van der Waals surface area contributed by atoms with Crippen molar-refractivity contribution >= 4 is 0 Å². The summed E-state index contributed by atoms with van der Waals surface area (Å²) in [6.45, 7) is 2.85. The quantitative estimate of drug-likeness (QED) is 0.599. The molecule has 5 heteroatoms. The van der Waals surface area contributed by atoms with Crippen molar-refractivity contribution in [1.29, 1.82) is 0 Å². The number of benzene rings is 2. The second-order valence-electron chi connectivity index (χ2n) is 6.00. The monoisotopic (exact) mass is 352 g/mol. The van der Waals surface area contributed by atoms with E-state index in [1.165, 1.54) is 25.0 Å². The zero-order chi connectivity index (χ0) is 18.3. The lowest BCUT2D eigenvalue weighted by Gasteiger charge is -2.15. The van der Waals surface area contributed by atoms with Crippen LogP contribution >= 0.6 is 0 Å². The molecule has 0 amide bonds. The second kappa shape index (κ2) is 8.90. The lowest BCUT2D eigenvalue weighted by atomic mass is 10.0. The van der Waals surface area contributed by atoms with Crippen molar-refractivity contribution in [3.8, 4) is 16.9 Å². The number of aliphatic hydroxyl groups excluding tert-OH is 1. The minimum atomic E-state index is -4.66. The van der Waals surface area contributed by atoms with E-state index >= 15 is 0 Å². The molecule has 0 aromatic heterocycles. The van der Waals surface area contributed by atoms with E-state index in [9.17, 15) is 18.3 Å². The standard InChI is InChI=1S/C20H23F3O2/c1-2-3-4-5-14-25-18-12-10-16(11-13-18)15-6-8-17(9-7-15)19(24)20(21,22)23/h6-13,19,24H,2-5,14H2,1H3. The minimum absolute atomic E-state index is 0.164. The van der Waals surface area contributed by atoms with Crippen molar-refractivity contribution in [2.75, 3.05) is 6.61 Å². The highest BCUT2D eigenvalue weighted by Crippen LogP contribution is 2.33. The topological polar surface area (TPSA) is 29.5 Å². The Hall–Kier alpha value is -2.01. The Morgan fingerprint density at radius 1 is 0.880 bits per heavy atom. The summed E-state index contributed by atoms with van der Waals surface area (Å²) in [6.07, 6.45) is -2.53. The molecule has 25 heavy (non-hydrogen) atoms. The Morgan fingerprint density at radius 3 is 1.96 bits per heavy atom. The summed E-state index contributed by atoms with van der Waals surface area (Å²) >= 11 is 0. The summed E-state index contributed by atoms with van der Waals surface area (Å²) in [6, 6.07) is 13.2. The number of alkyl halides is 3. The first-order valence-electron chi connectivity index (χ1n) is 8.50. The van der Waals surface area contributed by atoms with Gasteiger partial charge in [0, 0.05) is 0 Å². The largest absolute Gasteiger partial charge is 0.494 e. The third kappa shape index (κ3) is 5.78. The van der Waals surface area contributed by atoms with Gasteiger partial charge < -0.3 is 9.84 Å². The van der Waals surface area contributed by atoms with Gasteiger partial charge in [-0.05, 0) is 35.2 Å². The van der Waals surface area contributed by atoms with Crippen LogP contribution in [0.3, 0.4) is 0 Å². The highest BCUT2D eigenvalue weighted by molar-refractivity contribution is 5.64. The van der Waals surface area contributed by atoms with Crippen LogP contribution in [-0.2, 0) is 0 Å². The Kier molecular flexibility index (Phi) is 6.88. The van der Waals surface area contributed by atoms with E-state index in [0.29, 0.717) is 6.61 Å². The molecule has 2 aromatic rings. The van der Waals surface area contributed by atoms with Gasteiger partial charge in [0.25, 0.3) is 0 Å². The van der Waals surface area contributed by atoms with Gasteiger partial charge in [0.1, 0.15) is 5.75 Å². The number of hydrogen-bond acceptors (Lipinski definition) is 2. The van der Waals surface area contributed by atoms with E-state index in [4.69, 9.17) is 4.74 Å². The highest BCUT2D eigenvalue weighted by atomic mass is 19.4. The molecule has 0 aliphatic rings. The first-order valence-corrected chi connectivity index (χ1v) is 8.50. The summed E-state index contributed by atoms with van der Waals surface area (Å²) in [7, 11) is 0. The van der Waals surface area contributed by atoms with Gasteiger partial charge in [-0.15, -0.1) is 0 Å². The number of rotatable bonds is 8. The molecule has 1 unspecified atom stereocenters. The number of hydrogen-bond donors (Lipinski definition) is 1. The number of halogens is 3. The molecular formula is C20H23F3O2. The molecule has 0 aliphatic heterocycles. The first kappa shape index (κ1) is 19.3. The number of ether oxygens (including phenoxy) is 1. The van der Waals surface area contributed by atoms with Crippen molar-refractivity contribution in [2.45, 2.75) is 44.9 Å². The van der Waals surface area contributed by atoms with Gasteiger partial charge in [-0.25, -0.2) is 0 Å². The van der Waals surface area contributed by atoms with Gasteiger partial charge in [0.05, 0.1) is 6.61 Å². The van der Waals surface area contributed by atoms with Crippen LogP contribution in [-0.4, -0.2) is 17.9 Å². The van der Waals surface area contributed by atoms with Crippen LogP contribution in [0, 0.1) is 0 Å². The molecule has 0 spiro atoms. The van der Waals surface area contributed by atoms with Crippen molar-refractivity contribution in [3.63, 3.8) is 0 Å². The van der Waals surface area contributed by atoms with Gasteiger partial charge in [0.15, 0.2) is 6.10 Å². The minimum Gasteiger partial charge on any atom is -0.494 e. The Morgan fingerprint density at radius 2 is 1.44 bits per heavy atom. The van der Waals surface area contributed by atoms with Crippen LogP contribution in [0.25, 0.3) is 11.1 Å². The fraction of sp³-hybridized carbons (Fsp3) is 0.400. The smallest absolute Gasteiger partial charge is 0.418 e. The Bertz CT molecular complexity index is 633. The molecule has 2 nitrogen and oxygen atoms in total. The van der Waals surface area contributed by atoms with E-state index in [2.05, 4.69) is 6.92 Å². The summed E-state index contributed by atoms with van der Waals surface area (Å²) in [5.41, 5.74) is 1.50. The Labute approximate surface area is 146 Å². The zero-order valence-electron chi connectivity index (χ0n) is 14.2. The third-order valence-electron chi connectivity index (χ3n) is 3.99. The maximum absolute atomic E-state index is 12.5. The average Bonchev–Trinajstić information content (AvgIpc) is 2.61. The predicted octanol–water partition coefficient (Wildman–Crippen LogP) is 5.91. The molecule has 0 radical (unpaired) electrons. The lowest BCUT2D eigenvalue weighted by Crippen LogP contribution is -2.19. The molecule has 1 atom stereocenters. The van der Waals surface area contributed by atoms with Crippen molar-refractivity contribution in [2.24, 2.45) is 0 Å². The molecule has 2 rings (SSSR count). The van der Waals surface area contributed by atoms with Crippen molar-refractivity contribution in [1.82, 2.24) is 0 Å². The maximum Gasteiger partial charge on any atom is 0.418 e. The van der Waals surface area contributed by atoms with Crippen LogP contribution in [0.1, 0.15) is 44.3 Å². The predicted molar refractivity (Wildman–Crippen MR) is 92.5 cm³/mol. The van der Waals surface area contributed by atoms with Crippen molar-refractivity contribution < 1.29 is 23.0 Å². The fourth-order valence-electron chi connectivity index (χ4n) is 2.51. The molecule has 136 valence electrons. The maximum atomic E-state index is 12.5. The molecule has 2 aromatic carbocycles. The summed E-state index contributed by atoms with van der Waals surface area (Å²) in [5, 5.41) is 9.25. The molecular weight excluding hydrogens is 329 g/mol. The molecule has 0 aliphatic carbocycles. The Balaban J connectivity index is 1.95. The molecule has 0 heterocycles. The highest BCUT2D eigenvalue weighted by Gasteiger charge is 2.39. The van der Waals surface area contributed by atoms with Crippen LogP contribution in [0.4, 0.5) is 13.2 Å². The van der Waals surface area contributed by atoms with Crippen LogP contribution in [0.2, 0.25) is 0 Å². The van der Waals surface area contributed by atoms with E-state index in [0.717, 1.165) is 29.7 Å². The normalized spacial score (nSPS) is 12.8. The van der Waals surface area contributed by atoms with E-state index in [1.807, 2.05) is 24.3 Å². The summed E-state index contributed by atoms with van der Waals surface area (Å²) in [4.78, 5) is 0. The number of aliphatic hydroxyl groups is 1.